The second-order valence-electron chi connectivity index (χ2n) is 5.96. The van der Waals surface area contributed by atoms with Crippen molar-refractivity contribution in [2.75, 3.05) is 6.54 Å². The molecule has 17 heavy (non-hydrogen) atoms. The standard InChI is InChI=1S/C13H22N2OS/c1-12(2)4-3-5-13(8-14,11(12)16)6-10-7-15-9-17-10/h7,9,11,16H,3-6,8,14H2,1-2H3. The topological polar surface area (TPSA) is 59.1 Å². The first-order valence-electron chi connectivity index (χ1n) is 6.26. The summed E-state index contributed by atoms with van der Waals surface area (Å²) < 4.78 is 0. The summed E-state index contributed by atoms with van der Waals surface area (Å²) in [6.45, 7) is 4.84. The molecule has 1 aromatic rings. The molecule has 0 radical (unpaired) electrons. The first kappa shape index (κ1) is 13.0. The first-order chi connectivity index (χ1) is 8.00. The number of aromatic nitrogens is 1. The van der Waals surface area contributed by atoms with Crippen molar-refractivity contribution in [1.82, 2.24) is 4.98 Å². The van der Waals surface area contributed by atoms with Gasteiger partial charge in [-0.1, -0.05) is 20.3 Å². The van der Waals surface area contributed by atoms with Gasteiger partial charge in [0.1, 0.15) is 0 Å². The summed E-state index contributed by atoms with van der Waals surface area (Å²) in [6, 6.07) is 0. The van der Waals surface area contributed by atoms with Gasteiger partial charge in [-0.15, -0.1) is 11.3 Å². The molecule has 0 bridgehead atoms. The van der Waals surface area contributed by atoms with Gasteiger partial charge in [0.05, 0.1) is 11.6 Å². The van der Waals surface area contributed by atoms with Crippen LogP contribution in [0.4, 0.5) is 0 Å². The zero-order chi connectivity index (χ0) is 12.5. The van der Waals surface area contributed by atoms with E-state index in [1.165, 1.54) is 4.88 Å². The summed E-state index contributed by atoms with van der Waals surface area (Å²) in [7, 11) is 0. The Balaban J connectivity index is 2.23. The molecule has 0 spiro atoms. The first-order valence-corrected chi connectivity index (χ1v) is 7.14. The zero-order valence-electron chi connectivity index (χ0n) is 10.6. The van der Waals surface area contributed by atoms with E-state index in [0.29, 0.717) is 6.54 Å². The second kappa shape index (κ2) is 4.67. The van der Waals surface area contributed by atoms with Crippen molar-refractivity contribution in [2.24, 2.45) is 16.6 Å². The van der Waals surface area contributed by atoms with Gasteiger partial charge in [-0.05, 0) is 24.7 Å². The van der Waals surface area contributed by atoms with Gasteiger partial charge in [-0.3, -0.25) is 4.98 Å². The van der Waals surface area contributed by atoms with Crippen LogP contribution in [-0.2, 0) is 6.42 Å². The molecule has 0 aliphatic heterocycles. The maximum Gasteiger partial charge on any atom is 0.0794 e. The molecule has 1 aliphatic carbocycles. The molecule has 1 aliphatic rings. The highest BCUT2D eigenvalue weighted by Gasteiger charge is 2.47. The molecule has 3 N–H and O–H groups in total. The Morgan fingerprint density at radius 1 is 1.53 bits per heavy atom. The fraction of sp³-hybridized carbons (Fsp3) is 0.769. The molecule has 1 heterocycles. The average Bonchev–Trinajstić information content (AvgIpc) is 2.77. The van der Waals surface area contributed by atoms with Gasteiger partial charge in [0.2, 0.25) is 0 Å². The predicted molar refractivity (Wildman–Crippen MR) is 70.9 cm³/mol. The summed E-state index contributed by atoms with van der Waals surface area (Å²) in [4.78, 5) is 5.34. The smallest absolute Gasteiger partial charge is 0.0794 e. The van der Waals surface area contributed by atoms with Crippen LogP contribution in [0.3, 0.4) is 0 Å². The normalized spacial score (nSPS) is 32.6. The minimum Gasteiger partial charge on any atom is -0.392 e. The van der Waals surface area contributed by atoms with Gasteiger partial charge in [0, 0.05) is 23.0 Å². The Bertz CT molecular complexity index is 364. The molecule has 0 amide bonds. The Hall–Kier alpha value is -0.450. The van der Waals surface area contributed by atoms with Crippen LogP contribution in [0.5, 0.6) is 0 Å². The summed E-state index contributed by atoms with van der Waals surface area (Å²) in [5.41, 5.74) is 7.65. The van der Waals surface area contributed by atoms with Crippen molar-refractivity contribution < 1.29 is 5.11 Å². The van der Waals surface area contributed by atoms with Crippen molar-refractivity contribution in [3.63, 3.8) is 0 Å². The van der Waals surface area contributed by atoms with Crippen molar-refractivity contribution in [3.8, 4) is 0 Å². The summed E-state index contributed by atoms with van der Waals surface area (Å²) in [6.07, 6.45) is 5.69. The number of nitrogens with two attached hydrogens (primary N) is 1. The zero-order valence-corrected chi connectivity index (χ0v) is 11.5. The van der Waals surface area contributed by atoms with Crippen LogP contribution in [0.15, 0.2) is 11.7 Å². The number of aliphatic hydroxyl groups is 1. The van der Waals surface area contributed by atoms with E-state index in [0.717, 1.165) is 25.7 Å². The van der Waals surface area contributed by atoms with Gasteiger partial charge < -0.3 is 10.8 Å². The Labute approximate surface area is 107 Å². The number of aliphatic hydroxyl groups excluding tert-OH is 1. The number of hydrogen-bond donors (Lipinski definition) is 2. The lowest BCUT2D eigenvalue weighted by molar-refractivity contribution is -0.0881. The van der Waals surface area contributed by atoms with Crippen molar-refractivity contribution in [1.29, 1.82) is 0 Å². The van der Waals surface area contributed by atoms with E-state index in [4.69, 9.17) is 5.73 Å². The monoisotopic (exact) mass is 254 g/mol. The lowest BCUT2D eigenvalue weighted by Gasteiger charge is -2.49. The molecule has 0 saturated heterocycles. The molecule has 2 rings (SSSR count). The number of hydrogen-bond acceptors (Lipinski definition) is 4. The third kappa shape index (κ3) is 2.39. The molecule has 3 nitrogen and oxygen atoms in total. The summed E-state index contributed by atoms with van der Waals surface area (Å²) in [5.74, 6) is 0. The molecule has 4 heteroatoms. The van der Waals surface area contributed by atoms with Crippen LogP contribution in [0.2, 0.25) is 0 Å². The van der Waals surface area contributed by atoms with E-state index in [-0.39, 0.29) is 16.9 Å². The molecular formula is C13H22N2OS. The van der Waals surface area contributed by atoms with E-state index in [9.17, 15) is 5.11 Å². The van der Waals surface area contributed by atoms with E-state index >= 15 is 0 Å². The molecule has 1 aromatic heterocycles. The number of thiazole rings is 1. The van der Waals surface area contributed by atoms with Crippen LogP contribution >= 0.6 is 11.3 Å². The molecular weight excluding hydrogens is 232 g/mol. The minimum atomic E-state index is -0.323. The fourth-order valence-corrected chi connectivity index (χ4v) is 3.90. The largest absolute Gasteiger partial charge is 0.392 e. The fourth-order valence-electron chi connectivity index (χ4n) is 3.15. The number of rotatable bonds is 3. The SMILES string of the molecule is CC1(C)CCCC(CN)(Cc2cncs2)C1O. The molecule has 2 unspecified atom stereocenters. The van der Waals surface area contributed by atoms with Gasteiger partial charge in [0.25, 0.3) is 0 Å². The third-order valence-electron chi connectivity index (χ3n) is 4.23. The Morgan fingerprint density at radius 3 is 2.88 bits per heavy atom. The average molecular weight is 254 g/mol. The van der Waals surface area contributed by atoms with Crippen LogP contribution in [-0.4, -0.2) is 22.7 Å². The highest BCUT2D eigenvalue weighted by molar-refractivity contribution is 7.09. The summed E-state index contributed by atoms with van der Waals surface area (Å²) >= 11 is 1.65. The minimum absolute atomic E-state index is 0.0255. The maximum atomic E-state index is 10.7. The van der Waals surface area contributed by atoms with E-state index in [2.05, 4.69) is 18.8 Å². The maximum absolute atomic E-state index is 10.7. The van der Waals surface area contributed by atoms with Crippen molar-refractivity contribution in [2.45, 2.75) is 45.6 Å². The quantitative estimate of drug-likeness (QED) is 0.869. The van der Waals surface area contributed by atoms with Crippen LogP contribution in [0.1, 0.15) is 38.0 Å². The predicted octanol–water partition coefficient (Wildman–Crippen LogP) is 2.20. The van der Waals surface area contributed by atoms with Gasteiger partial charge >= 0.3 is 0 Å². The third-order valence-corrected chi connectivity index (χ3v) is 5.01. The molecule has 0 aromatic carbocycles. The van der Waals surface area contributed by atoms with E-state index in [1.807, 2.05) is 11.7 Å². The van der Waals surface area contributed by atoms with Gasteiger partial charge in [-0.2, -0.15) is 0 Å². The van der Waals surface area contributed by atoms with Crippen molar-refractivity contribution in [3.05, 3.63) is 16.6 Å². The van der Waals surface area contributed by atoms with Crippen LogP contribution in [0.25, 0.3) is 0 Å². The lowest BCUT2D eigenvalue weighted by atomic mass is 9.60. The van der Waals surface area contributed by atoms with Gasteiger partial charge in [0.15, 0.2) is 0 Å². The van der Waals surface area contributed by atoms with Gasteiger partial charge in [-0.25, -0.2) is 0 Å². The van der Waals surface area contributed by atoms with Crippen LogP contribution < -0.4 is 5.73 Å². The van der Waals surface area contributed by atoms with Crippen molar-refractivity contribution >= 4 is 11.3 Å². The Morgan fingerprint density at radius 2 is 2.29 bits per heavy atom. The van der Waals surface area contributed by atoms with E-state index < -0.39 is 0 Å². The van der Waals surface area contributed by atoms with Crippen LogP contribution in [0, 0.1) is 10.8 Å². The molecule has 96 valence electrons. The summed E-state index contributed by atoms with van der Waals surface area (Å²) in [5, 5.41) is 10.7. The molecule has 1 fully saturated rings. The number of nitrogens with zero attached hydrogens (tertiary/aromatic N) is 1. The second-order valence-corrected chi connectivity index (χ2v) is 6.93. The molecule has 1 saturated carbocycles. The Kier molecular flexibility index (Phi) is 3.57. The lowest BCUT2D eigenvalue weighted by Crippen LogP contribution is -2.53. The molecule has 2 atom stereocenters. The highest BCUT2D eigenvalue weighted by atomic mass is 32.1. The highest BCUT2D eigenvalue weighted by Crippen LogP contribution is 2.47. The van der Waals surface area contributed by atoms with E-state index in [1.54, 1.807) is 11.3 Å².